The second kappa shape index (κ2) is 8.70. The van der Waals surface area contributed by atoms with Crippen molar-refractivity contribution in [2.45, 2.75) is 26.7 Å². The molecule has 0 aliphatic carbocycles. The van der Waals surface area contributed by atoms with Gasteiger partial charge in [-0.05, 0) is 19.1 Å². The number of carbonyl (C=O) groups excluding carboxylic acids is 1. The molecule has 1 aromatic heterocycles. The fraction of sp³-hybridized carbons (Fsp3) is 0.429. The summed E-state index contributed by atoms with van der Waals surface area (Å²) in [5.41, 5.74) is 1.39. The zero-order valence-corrected chi connectivity index (χ0v) is 16.6. The summed E-state index contributed by atoms with van der Waals surface area (Å²) < 4.78 is 5.56. The summed E-state index contributed by atoms with van der Waals surface area (Å²) in [7, 11) is 0. The summed E-state index contributed by atoms with van der Waals surface area (Å²) in [6.45, 7) is 8.74. The van der Waals surface area contributed by atoms with Crippen molar-refractivity contribution in [2.24, 2.45) is 0 Å². The molecule has 0 radical (unpaired) electrons. The number of hydrogen-bond acceptors (Lipinski definition) is 6. The highest BCUT2D eigenvalue weighted by Crippen LogP contribution is 2.19. The van der Waals surface area contributed by atoms with Gasteiger partial charge in [-0.25, -0.2) is 9.97 Å². The van der Waals surface area contributed by atoms with E-state index in [4.69, 9.17) is 10.00 Å². The molecule has 0 N–H and O–H groups in total. The van der Waals surface area contributed by atoms with E-state index in [9.17, 15) is 4.79 Å². The molecular weight excluding hydrogens is 354 g/mol. The Labute approximate surface area is 165 Å². The Bertz CT molecular complexity index is 883. The van der Waals surface area contributed by atoms with Crippen molar-refractivity contribution < 1.29 is 9.53 Å². The number of carbonyl (C=O) groups is 1. The number of aryl methyl sites for hydroxylation is 1. The number of benzene rings is 1. The summed E-state index contributed by atoms with van der Waals surface area (Å²) in [6.07, 6.45) is 0. The number of anilines is 1. The molecule has 0 unspecified atom stereocenters. The number of nitrogens with zero attached hydrogens (tertiary/aromatic N) is 5. The zero-order chi connectivity index (χ0) is 20.1. The molecule has 0 bridgehead atoms. The maximum atomic E-state index is 12.5. The highest BCUT2D eigenvalue weighted by Gasteiger charge is 2.23. The van der Waals surface area contributed by atoms with E-state index in [1.54, 1.807) is 29.2 Å². The Morgan fingerprint density at radius 2 is 1.93 bits per heavy atom. The van der Waals surface area contributed by atoms with Gasteiger partial charge in [0.25, 0.3) is 5.91 Å². The Hall–Kier alpha value is -3.14. The highest BCUT2D eigenvalue weighted by molar-refractivity contribution is 5.78. The summed E-state index contributed by atoms with van der Waals surface area (Å²) >= 11 is 0. The van der Waals surface area contributed by atoms with E-state index in [1.807, 2.05) is 13.0 Å². The molecule has 1 aliphatic heterocycles. The molecule has 7 nitrogen and oxygen atoms in total. The topological polar surface area (TPSA) is 82.4 Å². The molecule has 1 saturated heterocycles. The van der Waals surface area contributed by atoms with Crippen LogP contribution >= 0.6 is 0 Å². The van der Waals surface area contributed by atoms with E-state index in [1.165, 1.54) is 0 Å². The number of hydrogen-bond donors (Lipinski definition) is 0. The first kappa shape index (κ1) is 19.6. The van der Waals surface area contributed by atoms with Crippen molar-refractivity contribution in [2.75, 3.05) is 37.7 Å². The summed E-state index contributed by atoms with van der Waals surface area (Å²) in [4.78, 5) is 25.6. The second-order valence-corrected chi connectivity index (χ2v) is 7.14. The molecule has 146 valence electrons. The van der Waals surface area contributed by atoms with Crippen LogP contribution in [0.25, 0.3) is 0 Å². The first-order valence-electron chi connectivity index (χ1n) is 9.48. The van der Waals surface area contributed by atoms with Gasteiger partial charge in [-0.3, -0.25) is 4.79 Å². The molecule has 0 saturated carbocycles. The van der Waals surface area contributed by atoms with E-state index in [0.29, 0.717) is 37.5 Å². The third kappa shape index (κ3) is 4.58. The van der Waals surface area contributed by atoms with Crippen molar-refractivity contribution >= 4 is 11.7 Å². The lowest BCUT2D eigenvalue weighted by atomic mass is 10.2. The second-order valence-electron chi connectivity index (χ2n) is 7.14. The predicted octanol–water partition coefficient (Wildman–Crippen LogP) is 2.51. The number of nitriles is 1. The monoisotopic (exact) mass is 379 g/mol. The molecule has 28 heavy (non-hydrogen) atoms. The molecule has 2 heterocycles. The first-order chi connectivity index (χ1) is 13.5. The minimum absolute atomic E-state index is 0.0667. The number of para-hydroxylation sites is 1. The van der Waals surface area contributed by atoms with Gasteiger partial charge >= 0.3 is 0 Å². The van der Waals surface area contributed by atoms with Crippen LogP contribution in [-0.4, -0.2) is 53.6 Å². The van der Waals surface area contributed by atoms with Crippen LogP contribution in [0.15, 0.2) is 30.3 Å². The normalized spacial score (nSPS) is 14.1. The Balaban J connectivity index is 1.56. The molecule has 1 fully saturated rings. The number of aromatic nitrogens is 2. The van der Waals surface area contributed by atoms with E-state index in [2.05, 4.69) is 34.8 Å². The van der Waals surface area contributed by atoms with Crippen LogP contribution in [0.4, 0.5) is 5.82 Å². The fourth-order valence-electron chi connectivity index (χ4n) is 3.10. The molecular formula is C21H25N5O2. The van der Waals surface area contributed by atoms with Crippen molar-refractivity contribution in [1.82, 2.24) is 14.9 Å². The molecule has 0 atom stereocenters. The molecule has 7 heteroatoms. The van der Waals surface area contributed by atoms with Crippen molar-refractivity contribution in [3.63, 3.8) is 0 Å². The SMILES string of the molecule is Cc1cc(N2CCN(C(=O)COc3ccccc3C#N)CC2)nc(C(C)C)n1. The molecule has 0 spiro atoms. The van der Waals surface area contributed by atoms with Gasteiger partial charge in [-0.15, -0.1) is 0 Å². The third-order valence-corrected chi connectivity index (χ3v) is 4.69. The van der Waals surface area contributed by atoms with Crippen LogP contribution in [0, 0.1) is 18.3 Å². The van der Waals surface area contributed by atoms with Crippen molar-refractivity contribution in [1.29, 1.82) is 5.26 Å². The Kier molecular flexibility index (Phi) is 6.09. The number of amides is 1. The summed E-state index contributed by atoms with van der Waals surface area (Å²) in [5, 5.41) is 9.10. The maximum Gasteiger partial charge on any atom is 0.260 e. The van der Waals surface area contributed by atoms with Crippen LogP contribution in [0.5, 0.6) is 5.75 Å². The lowest BCUT2D eigenvalue weighted by Crippen LogP contribution is -2.50. The van der Waals surface area contributed by atoms with Crippen LogP contribution in [0.3, 0.4) is 0 Å². The van der Waals surface area contributed by atoms with Gasteiger partial charge in [0.1, 0.15) is 23.5 Å². The number of rotatable bonds is 5. The van der Waals surface area contributed by atoms with Gasteiger partial charge < -0.3 is 14.5 Å². The van der Waals surface area contributed by atoms with E-state index in [-0.39, 0.29) is 18.4 Å². The average Bonchev–Trinajstić information content (AvgIpc) is 2.71. The fourth-order valence-corrected chi connectivity index (χ4v) is 3.10. The molecule has 1 aromatic carbocycles. The van der Waals surface area contributed by atoms with Gasteiger partial charge in [0.15, 0.2) is 6.61 Å². The van der Waals surface area contributed by atoms with Gasteiger partial charge in [0.05, 0.1) is 5.56 Å². The lowest BCUT2D eigenvalue weighted by molar-refractivity contribution is -0.133. The van der Waals surface area contributed by atoms with Crippen molar-refractivity contribution in [3.8, 4) is 11.8 Å². The minimum atomic E-state index is -0.0749. The molecule has 3 rings (SSSR count). The lowest BCUT2D eigenvalue weighted by Gasteiger charge is -2.35. The predicted molar refractivity (Wildman–Crippen MR) is 106 cm³/mol. The average molecular weight is 379 g/mol. The smallest absolute Gasteiger partial charge is 0.260 e. The van der Waals surface area contributed by atoms with Gasteiger partial charge in [-0.1, -0.05) is 26.0 Å². The summed E-state index contributed by atoms with van der Waals surface area (Å²) in [5.74, 6) is 2.40. The van der Waals surface area contributed by atoms with E-state index < -0.39 is 0 Å². The standard InChI is InChI=1S/C21H25N5O2/c1-15(2)21-23-16(3)12-19(24-21)25-8-10-26(11-9-25)20(27)14-28-18-7-5-4-6-17(18)13-22/h4-7,12,15H,8-11,14H2,1-3H3. The van der Waals surface area contributed by atoms with Crippen LogP contribution in [0.1, 0.15) is 36.8 Å². The van der Waals surface area contributed by atoms with Crippen molar-refractivity contribution in [3.05, 3.63) is 47.4 Å². The number of piperazine rings is 1. The highest BCUT2D eigenvalue weighted by atomic mass is 16.5. The maximum absolute atomic E-state index is 12.5. The van der Waals surface area contributed by atoms with E-state index in [0.717, 1.165) is 17.3 Å². The number of ether oxygens (including phenoxy) is 1. The summed E-state index contributed by atoms with van der Waals surface area (Å²) in [6, 6.07) is 11.0. The molecule has 1 amide bonds. The van der Waals surface area contributed by atoms with Crippen LogP contribution < -0.4 is 9.64 Å². The van der Waals surface area contributed by atoms with Gasteiger partial charge in [-0.2, -0.15) is 5.26 Å². The Morgan fingerprint density at radius 3 is 2.61 bits per heavy atom. The van der Waals surface area contributed by atoms with Gasteiger partial charge in [0, 0.05) is 43.9 Å². The zero-order valence-electron chi connectivity index (χ0n) is 16.6. The Morgan fingerprint density at radius 1 is 1.21 bits per heavy atom. The quantitative estimate of drug-likeness (QED) is 0.794. The molecule has 2 aromatic rings. The van der Waals surface area contributed by atoms with Crippen LogP contribution in [0.2, 0.25) is 0 Å². The molecule has 1 aliphatic rings. The first-order valence-corrected chi connectivity index (χ1v) is 9.48. The van der Waals surface area contributed by atoms with Crippen LogP contribution in [-0.2, 0) is 4.79 Å². The minimum Gasteiger partial charge on any atom is -0.482 e. The van der Waals surface area contributed by atoms with Gasteiger partial charge in [0.2, 0.25) is 0 Å². The largest absolute Gasteiger partial charge is 0.482 e. The van der Waals surface area contributed by atoms with E-state index >= 15 is 0 Å². The third-order valence-electron chi connectivity index (χ3n) is 4.69.